The number of halogens is 3. The van der Waals surface area contributed by atoms with Crippen molar-refractivity contribution in [1.82, 2.24) is 15.2 Å². The summed E-state index contributed by atoms with van der Waals surface area (Å²) in [7, 11) is 0. The molecule has 0 aliphatic carbocycles. The largest absolute Gasteiger partial charge is 0.445 e. The zero-order valence-corrected chi connectivity index (χ0v) is 13.9. The van der Waals surface area contributed by atoms with Gasteiger partial charge < -0.3 is 9.80 Å². The Bertz CT molecular complexity index is 887. The van der Waals surface area contributed by atoms with E-state index in [1.54, 1.807) is 0 Å². The first-order valence-electron chi connectivity index (χ1n) is 7.77. The van der Waals surface area contributed by atoms with Gasteiger partial charge in [-0.25, -0.2) is 4.98 Å². The lowest BCUT2D eigenvalue weighted by molar-refractivity contribution is -0.138. The predicted octanol–water partition coefficient (Wildman–Crippen LogP) is 3.43. The predicted molar refractivity (Wildman–Crippen MR) is 91.1 cm³/mol. The fourth-order valence-electron chi connectivity index (χ4n) is 2.82. The number of alkyl halides is 3. The minimum atomic E-state index is -4.44. The minimum Gasteiger partial charge on any atom is -0.353 e. The Morgan fingerprint density at radius 3 is 2.32 bits per heavy atom. The maximum absolute atomic E-state index is 12.7. The second-order valence-electron chi connectivity index (χ2n) is 5.72. The van der Waals surface area contributed by atoms with Gasteiger partial charge in [0.2, 0.25) is 10.1 Å². The molecule has 130 valence electrons. The molecule has 0 unspecified atom stereocenters. The van der Waals surface area contributed by atoms with E-state index in [9.17, 15) is 13.2 Å². The molecule has 0 saturated carbocycles. The van der Waals surface area contributed by atoms with Crippen molar-refractivity contribution in [3.8, 4) is 0 Å². The van der Waals surface area contributed by atoms with E-state index >= 15 is 0 Å². The molecule has 3 aromatic rings. The summed E-state index contributed by atoms with van der Waals surface area (Å²) in [6, 6.07) is 11.9. The summed E-state index contributed by atoms with van der Waals surface area (Å²) in [5.74, 6) is 0.881. The SMILES string of the molecule is FC(F)(F)c1nnc(N2CCN(c3ccc4ccccc4n3)CC2)s1. The number of rotatable bonds is 2. The van der Waals surface area contributed by atoms with Gasteiger partial charge >= 0.3 is 6.18 Å². The number of pyridine rings is 1. The first-order chi connectivity index (χ1) is 12.0. The van der Waals surface area contributed by atoms with Gasteiger partial charge in [0.15, 0.2) is 0 Å². The third-order valence-corrected chi connectivity index (χ3v) is 5.14. The van der Waals surface area contributed by atoms with Crippen LogP contribution < -0.4 is 9.80 Å². The number of hydrogen-bond donors (Lipinski definition) is 0. The van der Waals surface area contributed by atoms with E-state index in [4.69, 9.17) is 0 Å². The highest BCUT2D eigenvalue weighted by Crippen LogP contribution is 2.34. The number of aromatic nitrogens is 3. The summed E-state index contributed by atoms with van der Waals surface area (Å²) in [5, 5.41) is 7.43. The molecule has 0 spiro atoms. The number of nitrogens with zero attached hydrogens (tertiary/aromatic N) is 5. The quantitative estimate of drug-likeness (QED) is 0.696. The number of benzene rings is 1. The van der Waals surface area contributed by atoms with Crippen LogP contribution in [0.1, 0.15) is 5.01 Å². The van der Waals surface area contributed by atoms with Gasteiger partial charge in [-0.2, -0.15) is 13.2 Å². The Kier molecular flexibility index (Phi) is 3.95. The van der Waals surface area contributed by atoms with Crippen LogP contribution in [0.5, 0.6) is 0 Å². The first kappa shape index (κ1) is 16.1. The lowest BCUT2D eigenvalue weighted by Gasteiger charge is -2.35. The van der Waals surface area contributed by atoms with E-state index in [0.717, 1.165) is 16.7 Å². The first-order valence-corrected chi connectivity index (χ1v) is 8.59. The Balaban J connectivity index is 1.46. The number of anilines is 2. The van der Waals surface area contributed by atoms with Crippen LogP contribution in [0.15, 0.2) is 36.4 Å². The normalized spacial score (nSPS) is 15.8. The van der Waals surface area contributed by atoms with Crippen molar-refractivity contribution in [2.24, 2.45) is 0 Å². The van der Waals surface area contributed by atoms with E-state index in [1.807, 2.05) is 41.3 Å². The van der Waals surface area contributed by atoms with Crippen LogP contribution in [0.2, 0.25) is 0 Å². The molecule has 3 heterocycles. The number of para-hydroxylation sites is 1. The molecular weight excluding hydrogens is 351 g/mol. The van der Waals surface area contributed by atoms with Crippen molar-refractivity contribution >= 4 is 33.2 Å². The highest BCUT2D eigenvalue weighted by atomic mass is 32.1. The number of hydrogen-bond acceptors (Lipinski definition) is 6. The molecule has 0 N–H and O–H groups in total. The number of fused-ring (bicyclic) bond motifs is 1. The molecule has 9 heteroatoms. The summed E-state index contributed by atoms with van der Waals surface area (Å²) in [5.41, 5.74) is 0.932. The van der Waals surface area contributed by atoms with E-state index in [2.05, 4.69) is 20.1 Å². The van der Waals surface area contributed by atoms with Gasteiger partial charge in [-0.15, -0.1) is 10.2 Å². The second-order valence-corrected chi connectivity index (χ2v) is 6.68. The summed E-state index contributed by atoms with van der Waals surface area (Å²) >= 11 is 0.590. The third-order valence-electron chi connectivity index (χ3n) is 4.11. The second kappa shape index (κ2) is 6.14. The molecule has 2 aromatic heterocycles. The van der Waals surface area contributed by atoms with Crippen LogP contribution in [-0.2, 0) is 6.18 Å². The van der Waals surface area contributed by atoms with Crippen molar-refractivity contribution in [3.05, 3.63) is 41.4 Å². The van der Waals surface area contributed by atoms with Crippen molar-refractivity contribution < 1.29 is 13.2 Å². The monoisotopic (exact) mass is 365 g/mol. The fourth-order valence-corrected chi connectivity index (χ4v) is 3.58. The molecule has 0 amide bonds. The highest BCUT2D eigenvalue weighted by Gasteiger charge is 2.36. The molecule has 0 bridgehead atoms. The maximum Gasteiger partial charge on any atom is 0.445 e. The van der Waals surface area contributed by atoms with Crippen LogP contribution in [0.4, 0.5) is 24.1 Å². The molecule has 1 aromatic carbocycles. The van der Waals surface area contributed by atoms with Crippen LogP contribution in [-0.4, -0.2) is 41.4 Å². The molecule has 1 saturated heterocycles. The van der Waals surface area contributed by atoms with E-state index in [-0.39, 0.29) is 0 Å². The average Bonchev–Trinajstić information content (AvgIpc) is 3.12. The van der Waals surface area contributed by atoms with Crippen molar-refractivity contribution in [2.45, 2.75) is 6.18 Å². The summed E-state index contributed by atoms with van der Waals surface area (Å²) in [6.07, 6.45) is -4.44. The van der Waals surface area contributed by atoms with Gasteiger partial charge in [0.05, 0.1) is 5.52 Å². The summed E-state index contributed by atoms with van der Waals surface area (Å²) in [6.45, 7) is 2.51. The van der Waals surface area contributed by atoms with Gasteiger partial charge in [0, 0.05) is 31.6 Å². The lowest BCUT2D eigenvalue weighted by Crippen LogP contribution is -2.46. The average molecular weight is 365 g/mol. The smallest absolute Gasteiger partial charge is 0.353 e. The van der Waals surface area contributed by atoms with Gasteiger partial charge in [0.25, 0.3) is 0 Å². The minimum absolute atomic E-state index is 0.318. The molecule has 1 fully saturated rings. The van der Waals surface area contributed by atoms with Crippen molar-refractivity contribution in [1.29, 1.82) is 0 Å². The van der Waals surface area contributed by atoms with Gasteiger partial charge in [-0.05, 0) is 18.2 Å². The molecular formula is C16H14F3N5S. The van der Waals surface area contributed by atoms with Crippen molar-refractivity contribution in [2.75, 3.05) is 36.0 Å². The Hall–Kier alpha value is -2.42. The molecule has 5 nitrogen and oxygen atoms in total. The van der Waals surface area contributed by atoms with Crippen molar-refractivity contribution in [3.63, 3.8) is 0 Å². The maximum atomic E-state index is 12.7. The highest BCUT2D eigenvalue weighted by molar-refractivity contribution is 7.15. The Morgan fingerprint density at radius 1 is 0.880 bits per heavy atom. The standard InChI is InChI=1S/C16H14F3N5S/c17-16(18,19)14-21-22-15(25-14)24-9-7-23(8-10-24)13-6-5-11-3-1-2-4-12(11)20-13/h1-6H,7-10H2. The Labute approximate surface area is 145 Å². The van der Waals surface area contributed by atoms with Crippen LogP contribution in [0.3, 0.4) is 0 Å². The van der Waals surface area contributed by atoms with Crippen LogP contribution in [0.25, 0.3) is 10.9 Å². The van der Waals surface area contributed by atoms with Gasteiger partial charge in [-0.3, -0.25) is 0 Å². The molecule has 0 radical (unpaired) electrons. The van der Waals surface area contributed by atoms with Crippen LogP contribution >= 0.6 is 11.3 Å². The zero-order valence-electron chi connectivity index (χ0n) is 13.1. The van der Waals surface area contributed by atoms with Gasteiger partial charge in [-0.1, -0.05) is 29.5 Å². The zero-order chi connectivity index (χ0) is 17.4. The van der Waals surface area contributed by atoms with E-state index in [1.165, 1.54) is 0 Å². The number of piperazine rings is 1. The molecule has 1 aliphatic heterocycles. The summed E-state index contributed by atoms with van der Waals surface area (Å²) in [4.78, 5) is 8.64. The third kappa shape index (κ3) is 3.23. The lowest BCUT2D eigenvalue weighted by atomic mass is 10.2. The molecule has 0 atom stereocenters. The topological polar surface area (TPSA) is 45.2 Å². The van der Waals surface area contributed by atoms with E-state index in [0.29, 0.717) is 42.6 Å². The molecule has 1 aliphatic rings. The Morgan fingerprint density at radius 2 is 1.60 bits per heavy atom. The molecule has 25 heavy (non-hydrogen) atoms. The van der Waals surface area contributed by atoms with E-state index < -0.39 is 11.2 Å². The fraction of sp³-hybridized carbons (Fsp3) is 0.312. The summed E-state index contributed by atoms with van der Waals surface area (Å²) < 4.78 is 38.0. The van der Waals surface area contributed by atoms with Gasteiger partial charge in [0.1, 0.15) is 5.82 Å². The molecule has 4 rings (SSSR count). The van der Waals surface area contributed by atoms with Crippen LogP contribution in [0, 0.1) is 0 Å².